The zero-order valence-corrected chi connectivity index (χ0v) is 14.0. The number of hydrogen-bond acceptors (Lipinski definition) is 5. The topological polar surface area (TPSA) is 105 Å². The summed E-state index contributed by atoms with van der Waals surface area (Å²) in [7, 11) is 0. The van der Waals surface area contributed by atoms with Crippen molar-refractivity contribution in [1.82, 2.24) is 10.6 Å². The van der Waals surface area contributed by atoms with Crippen LogP contribution < -0.4 is 10.6 Å². The number of hydrogen-bond donors (Lipinski definition) is 3. The average Bonchev–Trinajstić information content (AvgIpc) is 3.15. The third-order valence-corrected chi connectivity index (χ3v) is 3.63. The molecule has 0 aromatic carbocycles. The van der Waals surface area contributed by atoms with Gasteiger partial charge in [-0.1, -0.05) is 0 Å². The Morgan fingerprint density at radius 2 is 2.04 bits per heavy atom. The zero-order chi connectivity index (χ0) is 17.7. The van der Waals surface area contributed by atoms with Gasteiger partial charge in [0.2, 0.25) is 5.91 Å². The van der Waals surface area contributed by atoms with Gasteiger partial charge in [-0.25, -0.2) is 0 Å². The lowest BCUT2D eigenvalue weighted by Gasteiger charge is -2.23. The first-order valence-electron chi connectivity index (χ1n) is 7.68. The Bertz CT molecular complexity index is 701. The molecule has 0 radical (unpaired) electrons. The van der Waals surface area contributed by atoms with E-state index in [0.717, 1.165) is 0 Å². The van der Waals surface area contributed by atoms with Crippen LogP contribution in [0, 0.1) is 13.8 Å². The van der Waals surface area contributed by atoms with Gasteiger partial charge in [-0.05, 0) is 39.0 Å². The first-order chi connectivity index (χ1) is 11.3. The number of aryl methyl sites for hydroxylation is 2. The van der Waals surface area contributed by atoms with Crippen LogP contribution in [0.25, 0.3) is 0 Å². The minimum atomic E-state index is -1.23. The van der Waals surface area contributed by atoms with Crippen LogP contribution in [0.5, 0.6) is 0 Å². The van der Waals surface area contributed by atoms with E-state index in [1.165, 1.54) is 6.26 Å². The van der Waals surface area contributed by atoms with Gasteiger partial charge in [0.25, 0.3) is 5.91 Å². The molecule has 2 heterocycles. The largest absolute Gasteiger partial charge is 0.466 e. The summed E-state index contributed by atoms with van der Waals surface area (Å²) < 4.78 is 10.4. The predicted molar refractivity (Wildman–Crippen MR) is 86.4 cm³/mol. The summed E-state index contributed by atoms with van der Waals surface area (Å²) in [6.07, 6.45) is 1.51. The van der Waals surface area contributed by atoms with Crippen molar-refractivity contribution in [3.05, 3.63) is 47.3 Å². The molecule has 0 fully saturated rings. The first kappa shape index (κ1) is 17.8. The fourth-order valence-corrected chi connectivity index (χ4v) is 2.40. The Morgan fingerprint density at radius 3 is 2.62 bits per heavy atom. The number of amides is 2. The SMILES string of the molecule is Cc1cc(C(C)(O)CNC(=O)CCNC(=O)c2ccco2)c(C)o1. The maximum atomic E-state index is 11.9. The standard InChI is InChI=1S/C17H22N2O5/c1-11-9-13(12(2)24-11)17(3,22)10-19-15(20)6-7-18-16(21)14-5-4-8-23-14/h4-5,8-9,22H,6-7,10H2,1-3H3,(H,18,21)(H,19,20). The molecule has 3 N–H and O–H groups in total. The predicted octanol–water partition coefficient (Wildman–Crippen LogP) is 1.63. The summed E-state index contributed by atoms with van der Waals surface area (Å²) in [4.78, 5) is 23.5. The quantitative estimate of drug-likeness (QED) is 0.714. The maximum absolute atomic E-state index is 11.9. The second-order valence-electron chi connectivity index (χ2n) is 5.86. The second kappa shape index (κ2) is 7.35. The van der Waals surface area contributed by atoms with Crippen LogP contribution in [-0.2, 0) is 10.4 Å². The fourth-order valence-electron chi connectivity index (χ4n) is 2.40. The molecule has 0 aliphatic carbocycles. The summed E-state index contributed by atoms with van der Waals surface area (Å²) in [5.74, 6) is 0.883. The van der Waals surface area contributed by atoms with E-state index in [0.29, 0.717) is 17.1 Å². The van der Waals surface area contributed by atoms with Crippen molar-refractivity contribution in [2.75, 3.05) is 13.1 Å². The van der Waals surface area contributed by atoms with E-state index in [4.69, 9.17) is 8.83 Å². The van der Waals surface area contributed by atoms with Crippen molar-refractivity contribution in [3.63, 3.8) is 0 Å². The van der Waals surface area contributed by atoms with Crippen LogP contribution in [0.15, 0.2) is 33.3 Å². The van der Waals surface area contributed by atoms with E-state index in [9.17, 15) is 14.7 Å². The van der Waals surface area contributed by atoms with Crippen molar-refractivity contribution in [2.45, 2.75) is 32.8 Å². The van der Waals surface area contributed by atoms with Gasteiger partial charge in [0, 0.05) is 18.5 Å². The molecule has 2 rings (SSSR count). The van der Waals surface area contributed by atoms with E-state index >= 15 is 0 Å². The molecule has 0 saturated heterocycles. The molecule has 2 aromatic rings. The van der Waals surface area contributed by atoms with Crippen LogP contribution in [-0.4, -0.2) is 30.0 Å². The number of furan rings is 2. The summed E-state index contributed by atoms with van der Waals surface area (Å²) >= 11 is 0. The number of carbonyl (C=O) groups is 2. The van der Waals surface area contributed by atoms with E-state index in [-0.39, 0.29) is 37.1 Å². The minimum Gasteiger partial charge on any atom is -0.466 e. The third-order valence-electron chi connectivity index (χ3n) is 3.63. The number of rotatable bonds is 7. The fraction of sp³-hybridized carbons (Fsp3) is 0.412. The molecule has 0 spiro atoms. The zero-order valence-electron chi connectivity index (χ0n) is 14.0. The Balaban J connectivity index is 1.76. The number of nitrogens with one attached hydrogen (secondary N) is 2. The molecular weight excluding hydrogens is 312 g/mol. The molecule has 0 aliphatic rings. The Labute approximate surface area is 140 Å². The minimum absolute atomic E-state index is 0.0534. The van der Waals surface area contributed by atoms with Crippen molar-refractivity contribution < 1.29 is 23.5 Å². The summed E-state index contributed by atoms with van der Waals surface area (Å²) in [6.45, 7) is 5.41. The molecule has 1 unspecified atom stereocenters. The van der Waals surface area contributed by atoms with Crippen LogP contribution in [0.3, 0.4) is 0 Å². The summed E-state index contributed by atoms with van der Waals surface area (Å²) in [5, 5.41) is 15.8. The molecule has 7 nitrogen and oxygen atoms in total. The van der Waals surface area contributed by atoms with Gasteiger partial charge >= 0.3 is 0 Å². The maximum Gasteiger partial charge on any atom is 0.286 e. The van der Waals surface area contributed by atoms with E-state index < -0.39 is 5.60 Å². The highest BCUT2D eigenvalue weighted by atomic mass is 16.3. The Kier molecular flexibility index (Phi) is 5.46. The molecule has 2 aromatic heterocycles. The lowest BCUT2D eigenvalue weighted by Crippen LogP contribution is -2.40. The highest BCUT2D eigenvalue weighted by Gasteiger charge is 2.28. The second-order valence-corrected chi connectivity index (χ2v) is 5.86. The lowest BCUT2D eigenvalue weighted by molar-refractivity contribution is -0.122. The monoisotopic (exact) mass is 334 g/mol. The van der Waals surface area contributed by atoms with Crippen molar-refractivity contribution >= 4 is 11.8 Å². The smallest absolute Gasteiger partial charge is 0.286 e. The molecule has 7 heteroatoms. The van der Waals surface area contributed by atoms with E-state index in [1.54, 1.807) is 39.0 Å². The van der Waals surface area contributed by atoms with Crippen molar-refractivity contribution in [3.8, 4) is 0 Å². The van der Waals surface area contributed by atoms with Gasteiger partial charge in [-0.15, -0.1) is 0 Å². The molecule has 2 amide bonds. The van der Waals surface area contributed by atoms with Gasteiger partial charge in [-0.3, -0.25) is 9.59 Å². The number of aliphatic hydroxyl groups is 1. The van der Waals surface area contributed by atoms with Crippen molar-refractivity contribution in [2.24, 2.45) is 0 Å². The van der Waals surface area contributed by atoms with Gasteiger partial charge in [0.05, 0.1) is 12.8 Å². The molecule has 0 bridgehead atoms. The van der Waals surface area contributed by atoms with Crippen LogP contribution in [0.4, 0.5) is 0 Å². The summed E-state index contributed by atoms with van der Waals surface area (Å²) in [6, 6.07) is 4.91. The van der Waals surface area contributed by atoms with Gasteiger partial charge in [0.15, 0.2) is 5.76 Å². The van der Waals surface area contributed by atoms with Crippen molar-refractivity contribution in [1.29, 1.82) is 0 Å². The van der Waals surface area contributed by atoms with E-state index in [2.05, 4.69) is 10.6 Å². The average molecular weight is 334 g/mol. The Morgan fingerprint density at radius 1 is 1.29 bits per heavy atom. The third kappa shape index (κ3) is 4.48. The first-order valence-corrected chi connectivity index (χ1v) is 7.68. The summed E-state index contributed by atoms with van der Waals surface area (Å²) in [5.41, 5.74) is -0.582. The molecule has 1 atom stereocenters. The molecule has 0 aliphatic heterocycles. The Hall–Kier alpha value is -2.54. The molecular formula is C17H22N2O5. The lowest BCUT2D eigenvalue weighted by atomic mass is 9.96. The van der Waals surface area contributed by atoms with Crippen LogP contribution >= 0.6 is 0 Å². The molecule has 130 valence electrons. The van der Waals surface area contributed by atoms with Gasteiger partial charge in [0.1, 0.15) is 17.1 Å². The highest BCUT2D eigenvalue weighted by Crippen LogP contribution is 2.26. The molecule has 0 saturated carbocycles. The van der Waals surface area contributed by atoms with Gasteiger partial charge in [-0.2, -0.15) is 0 Å². The van der Waals surface area contributed by atoms with Gasteiger partial charge < -0.3 is 24.6 Å². The normalized spacial score (nSPS) is 13.3. The van der Waals surface area contributed by atoms with Crippen LogP contribution in [0.2, 0.25) is 0 Å². The molecule has 24 heavy (non-hydrogen) atoms. The van der Waals surface area contributed by atoms with E-state index in [1.807, 2.05) is 0 Å². The number of carbonyl (C=O) groups excluding carboxylic acids is 2. The van der Waals surface area contributed by atoms with Crippen LogP contribution in [0.1, 0.15) is 41.0 Å². The highest BCUT2D eigenvalue weighted by molar-refractivity contribution is 5.91.